The topological polar surface area (TPSA) is 70.6 Å². The quantitative estimate of drug-likeness (QED) is 0.534. The van der Waals surface area contributed by atoms with Crippen molar-refractivity contribution in [2.45, 2.75) is 18.2 Å². The predicted molar refractivity (Wildman–Crippen MR) is 108 cm³/mol. The molecular weight excluding hydrogens is 370 g/mol. The van der Waals surface area contributed by atoms with Crippen molar-refractivity contribution < 1.29 is 8.42 Å². The highest BCUT2D eigenvalue weighted by Crippen LogP contribution is 2.14. The van der Waals surface area contributed by atoms with E-state index in [1.165, 1.54) is 0 Å². The second-order valence-corrected chi connectivity index (χ2v) is 8.18. The standard InChI is InChI=1S/C19H24ClN3O2S/c1-2-21-19(22-13-12-16-8-6-7-11-18(16)20)23-14-15-26(24,25)17-9-4-3-5-10-17/h3-11H,2,12-15H2,1H3,(H2,21,22,23). The summed E-state index contributed by atoms with van der Waals surface area (Å²) in [7, 11) is -3.32. The highest BCUT2D eigenvalue weighted by Gasteiger charge is 2.13. The highest BCUT2D eigenvalue weighted by molar-refractivity contribution is 7.91. The summed E-state index contributed by atoms with van der Waals surface area (Å²) in [6.07, 6.45) is 0.756. The molecule has 0 amide bonds. The molecule has 0 unspecified atom stereocenters. The summed E-state index contributed by atoms with van der Waals surface area (Å²) in [6, 6.07) is 16.1. The number of rotatable bonds is 8. The first-order valence-electron chi connectivity index (χ1n) is 8.56. The average molecular weight is 394 g/mol. The maximum atomic E-state index is 12.3. The van der Waals surface area contributed by atoms with Crippen molar-refractivity contribution in [3.63, 3.8) is 0 Å². The molecule has 0 atom stereocenters. The van der Waals surface area contributed by atoms with Crippen molar-refractivity contribution in [3.05, 3.63) is 65.2 Å². The molecule has 0 aliphatic heterocycles. The third-order valence-corrected chi connectivity index (χ3v) is 5.80. The third kappa shape index (κ3) is 6.35. The van der Waals surface area contributed by atoms with Crippen LogP contribution in [0.1, 0.15) is 12.5 Å². The zero-order valence-corrected chi connectivity index (χ0v) is 16.4. The predicted octanol–water partition coefficient (Wildman–Crippen LogP) is 2.91. The van der Waals surface area contributed by atoms with Crippen molar-refractivity contribution in [1.82, 2.24) is 10.6 Å². The highest BCUT2D eigenvalue weighted by atomic mass is 35.5. The lowest BCUT2D eigenvalue weighted by molar-refractivity contribution is 0.596. The number of hydrogen-bond donors (Lipinski definition) is 2. The van der Waals surface area contributed by atoms with Crippen molar-refractivity contribution in [3.8, 4) is 0 Å². The number of nitrogens with one attached hydrogen (secondary N) is 2. The van der Waals surface area contributed by atoms with Gasteiger partial charge in [0.1, 0.15) is 0 Å². The smallest absolute Gasteiger partial charge is 0.191 e. The molecule has 0 heterocycles. The number of halogens is 1. The molecule has 2 aromatic rings. The molecule has 0 saturated carbocycles. The molecule has 26 heavy (non-hydrogen) atoms. The van der Waals surface area contributed by atoms with Gasteiger partial charge in [0.15, 0.2) is 15.8 Å². The number of sulfone groups is 1. The number of aliphatic imine (C=N–C) groups is 1. The Morgan fingerprint density at radius 2 is 1.73 bits per heavy atom. The van der Waals surface area contributed by atoms with Gasteiger partial charge in [-0.15, -0.1) is 0 Å². The third-order valence-electron chi connectivity index (χ3n) is 3.72. The molecule has 0 bridgehead atoms. The van der Waals surface area contributed by atoms with E-state index in [1.807, 2.05) is 31.2 Å². The van der Waals surface area contributed by atoms with Gasteiger partial charge in [-0.3, -0.25) is 4.99 Å². The van der Waals surface area contributed by atoms with Gasteiger partial charge in [-0.2, -0.15) is 0 Å². The Balaban J connectivity index is 1.89. The molecule has 5 nitrogen and oxygen atoms in total. The normalized spacial score (nSPS) is 12.0. The van der Waals surface area contributed by atoms with Crippen LogP contribution in [0.4, 0.5) is 0 Å². The Morgan fingerprint density at radius 3 is 2.42 bits per heavy atom. The lowest BCUT2D eigenvalue weighted by atomic mass is 10.1. The van der Waals surface area contributed by atoms with E-state index in [1.54, 1.807) is 30.3 Å². The first-order valence-corrected chi connectivity index (χ1v) is 10.6. The Kier molecular flexibility index (Phi) is 7.94. The van der Waals surface area contributed by atoms with Crippen LogP contribution >= 0.6 is 11.6 Å². The van der Waals surface area contributed by atoms with Gasteiger partial charge >= 0.3 is 0 Å². The van der Waals surface area contributed by atoms with Crippen LogP contribution in [0.5, 0.6) is 0 Å². The summed E-state index contributed by atoms with van der Waals surface area (Å²) in [6.45, 7) is 3.51. The van der Waals surface area contributed by atoms with Crippen LogP contribution in [0.3, 0.4) is 0 Å². The molecule has 0 radical (unpaired) electrons. The van der Waals surface area contributed by atoms with E-state index in [-0.39, 0.29) is 12.3 Å². The molecule has 2 rings (SSSR count). The molecule has 140 valence electrons. The summed E-state index contributed by atoms with van der Waals surface area (Å²) >= 11 is 6.15. The Bertz CT molecular complexity index is 824. The SMILES string of the molecule is CCNC(=NCCS(=O)(=O)c1ccccc1)NCCc1ccccc1Cl. The molecule has 0 aliphatic rings. The first kappa shape index (κ1) is 20.3. The van der Waals surface area contributed by atoms with Gasteiger partial charge in [-0.05, 0) is 37.1 Å². The lowest BCUT2D eigenvalue weighted by Gasteiger charge is -2.12. The molecular formula is C19H24ClN3O2S. The monoisotopic (exact) mass is 393 g/mol. The van der Waals surface area contributed by atoms with E-state index in [9.17, 15) is 8.42 Å². The van der Waals surface area contributed by atoms with Crippen LogP contribution in [0.15, 0.2) is 64.5 Å². The van der Waals surface area contributed by atoms with Crippen LogP contribution in [0, 0.1) is 0 Å². The van der Waals surface area contributed by atoms with Gasteiger partial charge in [0.2, 0.25) is 0 Å². The van der Waals surface area contributed by atoms with Crippen LogP contribution in [0.25, 0.3) is 0 Å². The van der Waals surface area contributed by atoms with Crippen LogP contribution < -0.4 is 10.6 Å². The second-order valence-electron chi connectivity index (χ2n) is 5.66. The van der Waals surface area contributed by atoms with E-state index in [2.05, 4.69) is 15.6 Å². The van der Waals surface area contributed by atoms with Gasteiger partial charge in [-0.1, -0.05) is 48.0 Å². The van der Waals surface area contributed by atoms with Gasteiger partial charge < -0.3 is 10.6 Å². The zero-order chi connectivity index (χ0) is 18.8. The molecule has 7 heteroatoms. The van der Waals surface area contributed by atoms with Crippen molar-refractivity contribution >= 4 is 27.4 Å². The fourth-order valence-corrected chi connectivity index (χ4v) is 3.75. The molecule has 0 fully saturated rings. The number of nitrogens with zero attached hydrogens (tertiary/aromatic N) is 1. The number of guanidine groups is 1. The van der Waals surface area contributed by atoms with Crippen molar-refractivity contribution in [1.29, 1.82) is 0 Å². The lowest BCUT2D eigenvalue weighted by Crippen LogP contribution is -2.38. The average Bonchev–Trinajstić information content (AvgIpc) is 2.64. The summed E-state index contributed by atoms with van der Waals surface area (Å²) < 4.78 is 24.6. The molecule has 0 spiro atoms. The molecule has 0 aliphatic carbocycles. The minimum absolute atomic E-state index is 0.0297. The zero-order valence-electron chi connectivity index (χ0n) is 14.8. The number of hydrogen-bond acceptors (Lipinski definition) is 3. The van der Waals surface area contributed by atoms with E-state index in [0.717, 1.165) is 17.0 Å². The summed E-state index contributed by atoms with van der Waals surface area (Å²) in [5, 5.41) is 7.07. The molecule has 2 aromatic carbocycles. The largest absolute Gasteiger partial charge is 0.357 e. The van der Waals surface area contributed by atoms with Crippen LogP contribution in [-0.4, -0.2) is 39.8 Å². The Morgan fingerprint density at radius 1 is 1.04 bits per heavy atom. The van der Waals surface area contributed by atoms with Crippen LogP contribution in [-0.2, 0) is 16.3 Å². The summed E-state index contributed by atoms with van der Waals surface area (Å²) in [5.74, 6) is 0.570. The minimum Gasteiger partial charge on any atom is -0.357 e. The summed E-state index contributed by atoms with van der Waals surface area (Å²) in [5.41, 5.74) is 1.06. The van der Waals surface area contributed by atoms with Crippen molar-refractivity contribution in [2.24, 2.45) is 4.99 Å². The first-order chi connectivity index (χ1) is 12.5. The number of benzene rings is 2. The Hall–Kier alpha value is -2.05. The van der Waals surface area contributed by atoms with Crippen molar-refractivity contribution in [2.75, 3.05) is 25.4 Å². The van der Waals surface area contributed by atoms with E-state index < -0.39 is 9.84 Å². The fraction of sp³-hybridized carbons (Fsp3) is 0.316. The van der Waals surface area contributed by atoms with E-state index in [0.29, 0.717) is 23.9 Å². The van der Waals surface area contributed by atoms with Gasteiger partial charge in [0.05, 0.1) is 17.2 Å². The minimum atomic E-state index is -3.32. The molecule has 0 aromatic heterocycles. The molecule has 2 N–H and O–H groups in total. The maximum Gasteiger partial charge on any atom is 0.191 e. The fourth-order valence-electron chi connectivity index (χ4n) is 2.38. The maximum absolute atomic E-state index is 12.3. The summed E-state index contributed by atoms with van der Waals surface area (Å²) in [4.78, 5) is 4.69. The Labute approximate surface area is 160 Å². The van der Waals surface area contributed by atoms with E-state index in [4.69, 9.17) is 11.6 Å². The van der Waals surface area contributed by atoms with Gasteiger partial charge in [0.25, 0.3) is 0 Å². The second kappa shape index (κ2) is 10.2. The van der Waals surface area contributed by atoms with Crippen LogP contribution in [0.2, 0.25) is 5.02 Å². The van der Waals surface area contributed by atoms with Gasteiger partial charge in [0, 0.05) is 18.1 Å². The van der Waals surface area contributed by atoms with Gasteiger partial charge in [-0.25, -0.2) is 8.42 Å². The van der Waals surface area contributed by atoms with E-state index >= 15 is 0 Å². The molecule has 0 saturated heterocycles.